The van der Waals surface area contributed by atoms with Gasteiger partial charge in [0.15, 0.2) is 0 Å². The maximum atomic E-state index is 13.0. The van der Waals surface area contributed by atoms with Crippen molar-refractivity contribution in [2.45, 2.75) is 57.2 Å². The Bertz CT molecular complexity index is 601. The van der Waals surface area contributed by atoms with Gasteiger partial charge in [-0.25, -0.2) is 0 Å². The molecule has 0 radical (unpaired) electrons. The molecule has 0 spiro atoms. The molecule has 6 nitrogen and oxygen atoms in total. The standard InChI is InChI=1S/C19H26N2O4/c22-18(13-21(15-7-8-15)19(23)14-5-6-14)20(11-16-3-1-9-24-16)12-17-4-2-10-25-17/h1,3,9,14-15,17H,2,4-8,10-13H2/t17-/m1/s1. The van der Waals surface area contributed by atoms with Gasteiger partial charge in [-0.3, -0.25) is 9.59 Å². The van der Waals surface area contributed by atoms with Crippen LogP contribution in [0.3, 0.4) is 0 Å². The number of ether oxygens (including phenoxy) is 1. The minimum absolute atomic E-state index is 0.00667. The van der Waals surface area contributed by atoms with E-state index in [0.717, 1.165) is 50.9 Å². The fourth-order valence-electron chi connectivity index (χ4n) is 3.46. The van der Waals surface area contributed by atoms with E-state index >= 15 is 0 Å². The van der Waals surface area contributed by atoms with Crippen LogP contribution in [0.5, 0.6) is 0 Å². The first kappa shape index (κ1) is 16.6. The minimum atomic E-state index is -0.00667. The van der Waals surface area contributed by atoms with E-state index in [4.69, 9.17) is 9.15 Å². The Hall–Kier alpha value is -1.82. The number of hydrogen-bond acceptors (Lipinski definition) is 4. The Kier molecular flexibility index (Phi) is 4.79. The smallest absolute Gasteiger partial charge is 0.242 e. The van der Waals surface area contributed by atoms with Crippen molar-refractivity contribution in [1.82, 2.24) is 9.80 Å². The molecule has 2 aliphatic carbocycles. The molecule has 2 saturated carbocycles. The minimum Gasteiger partial charge on any atom is -0.467 e. The Labute approximate surface area is 148 Å². The molecule has 0 bridgehead atoms. The summed E-state index contributed by atoms with van der Waals surface area (Å²) in [5.74, 6) is 1.08. The summed E-state index contributed by atoms with van der Waals surface area (Å²) in [5.41, 5.74) is 0. The first-order valence-corrected chi connectivity index (χ1v) is 9.43. The van der Waals surface area contributed by atoms with E-state index in [0.29, 0.717) is 13.1 Å². The van der Waals surface area contributed by atoms with Crippen molar-refractivity contribution in [3.05, 3.63) is 24.2 Å². The van der Waals surface area contributed by atoms with Crippen LogP contribution in [0.2, 0.25) is 0 Å². The lowest BCUT2D eigenvalue weighted by Crippen LogP contribution is -2.46. The summed E-state index contributed by atoms with van der Waals surface area (Å²) in [4.78, 5) is 29.1. The van der Waals surface area contributed by atoms with Crippen molar-refractivity contribution < 1.29 is 18.7 Å². The van der Waals surface area contributed by atoms with E-state index in [1.807, 2.05) is 17.0 Å². The molecule has 25 heavy (non-hydrogen) atoms. The molecular weight excluding hydrogens is 320 g/mol. The SMILES string of the molecule is O=C(CN(C(=O)C1CC1)C1CC1)N(Cc1ccco1)C[C@H]1CCCO1. The first-order valence-electron chi connectivity index (χ1n) is 9.43. The molecule has 1 aromatic rings. The Balaban J connectivity index is 1.42. The Morgan fingerprint density at radius 3 is 2.60 bits per heavy atom. The molecule has 1 saturated heterocycles. The van der Waals surface area contributed by atoms with Crippen LogP contribution in [0.1, 0.15) is 44.3 Å². The average Bonchev–Trinajstić information content (AvgIpc) is 3.53. The molecule has 2 heterocycles. The van der Waals surface area contributed by atoms with Crippen molar-refractivity contribution in [1.29, 1.82) is 0 Å². The zero-order chi connectivity index (χ0) is 17.2. The summed E-state index contributed by atoms with van der Waals surface area (Å²) in [6.07, 6.45) is 7.73. The third-order valence-electron chi connectivity index (χ3n) is 5.23. The molecule has 1 atom stereocenters. The summed E-state index contributed by atoms with van der Waals surface area (Å²) in [6.45, 7) is 1.95. The quantitative estimate of drug-likeness (QED) is 0.724. The number of carbonyl (C=O) groups excluding carboxylic acids is 2. The van der Waals surface area contributed by atoms with Crippen molar-refractivity contribution in [3.63, 3.8) is 0 Å². The number of rotatable bonds is 8. The number of hydrogen-bond donors (Lipinski definition) is 0. The summed E-state index contributed by atoms with van der Waals surface area (Å²) in [7, 11) is 0. The van der Waals surface area contributed by atoms with E-state index in [1.54, 1.807) is 11.2 Å². The predicted molar refractivity (Wildman–Crippen MR) is 90.6 cm³/mol. The highest BCUT2D eigenvalue weighted by Crippen LogP contribution is 2.36. The van der Waals surface area contributed by atoms with Crippen LogP contribution in [0.25, 0.3) is 0 Å². The zero-order valence-electron chi connectivity index (χ0n) is 14.6. The van der Waals surface area contributed by atoms with Gasteiger partial charge in [0.25, 0.3) is 0 Å². The van der Waals surface area contributed by atoms with Gasteiger partial charge in [0.1, 0.15) is 12.3 Å². The molecule has 1 aromatic heterocycles. The van der Waals surface area contributed by atoms with Gasteiger partial charge in [-0.05, 0) is 50.7 Å². The summed E-state index contributed by atoms with van der Waals surface area (Å²) in [5, 5.41) is 0. The third kappa shape index (κ3) is 4.24. The normalized spacial score (nSPS) is 22.8. The summed E-state index contributed by atoms with van der Waals surface area (Å²) in [6, 6.07) is 3.98. The molecule has 3 fully saturated rings. The van der Waals surface area contributed by atoms with Gasteiger partial charge in [-0.2, -0.15) is 0 Å². The van der Waals surface area contributed by atoms with Crippen LogP contribution in [0.15, 0.2) is 22.8 Å². The maximum absolute atomic E-state index is 13.0. The lowest BCUT2D eigenvalue weighted by atomic mass is 10.2. The molecular formula is C19H26N2O4. The zero-order valence-corrected chi connectivity index (χ0v) is 14.6. The molecule has 0 aromatic carbocycles. The van der Waals surface area contributed by atoms with Crippen LogP contribution < -0.4 is 0 Å². The van der Waals surface area contributed by atoms with Crippen molar-refractivity contribution in [2.24, 2.45) is 5.92 Å². The van der Waals surface area contributed by atoms with E-state index in [-0.39, 0.29) is 36.4 Å². The van der Waals surface area contributed by atoms with E-state index < -0.39 is 0 Å². The topological polar surface area (TPSA) is 63.0 Å². The molecule has 0 N–H and O–H groups in total. The molecule has 2 amide bonds. The van der Waals surface area contributed by atoms with Crippen molar-refractivity contribution in [2.75, 3.05) is 19.7 Å². The second-order valence-electron chi connectivity index (χ2n) is 7.46. The van der Waals surface area contributed by atoms with Crippen molar-refractivity contribution in [3.8, 4) is 0 Å². The van der Waals surface area contributed by atoms with Gasteiger partial charge in [0.2, 0.25) is 11.8 Å². The molecule has 136 valence electrons. The summed E-state index contributed by atoms with van der Waals surface area (Å²) >= 11 is 0. The molecule has 3 aliphatic rings. The number of nitrogens with zero attached hydrogens (tertiary/aromatic N) is 2. The van der Waals surface area contributed by atoms with Gasteiger partial charge in [-0.1, -0.05) is 0 Å². The number of amides is 2. The lowest BCUT2D eigenvalue weighted by Gasteiger charge is -2.29. The molecule has 4 rings (SSSR count). The Morgan fingerprint density at radius 1 is 1.16 bits per heavy atom. The maximum Gasteiger partial charge on any atom is 0.242 e. The van der Waals surface area contributed by atoms with Gasteiger partial charge in [0, 0.05) is 25.1 Å². The fourth-order valence-corrected chi connectivity index (χ4v) is 3.46. The van der Waals surface area contributed by atoms with Gasteiger partial charge >= 0.3 is 0 Å². The second kappa shape index (κ2) is 7.20. The molecule has 6 heteroatoms. The number of carbonyl (C=O) groups is 2. The van der Waals surface area contributed by atoms with Crippen LogP contribution >= 0.6 is 0 Å². The highest BCUT2D eigenvalue weighted by Gasteiger charge is 2.41. The largest absolute Gasteiger partial charge is 0.467 e. The second-order valence-corrected chi connectivity index (χ2v) is 7.46. The first-order chi connectivity index (χ1) is 12.2. The third-order valence-corrected chi connectivity index (χ3v) is 5.23. The van der Waals surface area contributed by atoms with Gasteiger partial charge < -0.3 is 19.0 Å². The van der Waals surface area contributed by atoms with E-state index in [9.17, 15) is 9.59 Å². The lowest BCUT2D eigenvalue weighted by molar-refractivity contribution is -0.143. The fraction of sp³-hybridized carbons (Fsp3) is 0.684. The predicted octanol–water partition coefficient (Wildman–Crippen LogP) is 2.19. The van der Waals surface area contributed by atoms with Crippen molar-refractivity contribution >= 4 is 11.8 Å². The summed E-state index contributed by atoms with van der Waals surface area (Å²) < 4.78 is 11.1. The van der Waals surface area contributed by atoms with E-state index in [1.165, 1.54) is 0 Å². The van der Waals surface area contributed by atoms with Crippen LogP contribution in [0, 0.1) is 5.92 Å². The van der Waals surface area contributed by atoms with Gasteiger partial charge in [0.05, 0.1) is 18.9 Å². The van der Waals surface area contributed by atoms with Crippen LogP contribution in [-0.2, 0) is 20.9 Å². The van der Waals surface area contributed by atoms with Crippen LogP contribution in [0.4, 0.5) is 0 Å². The monoisotopic (exact) mass is 346 g/mol. The highest BCUT2D eigenvalue weighted by molar-refractivity contribution is 5.87. The van der Waals surface area contributed by atoms with E-state index in [2.05, 4.69) is 0 Å². The van der Waals surface area contributed by atoms with Crippen LogP contribution in [-0.4, -0.2) is 53.5 Å². The Morgan fingerprint density at radius 2 is 2.00 bits per heavy atom. The highest BCUT2D eigenvalue weighted by atomic mass is 16.5. The molecule has 0 unspecified atom stereocenters. The molecule has 1 aliphatic heterocycles. The average molecular weight is 346 g/mol. The van der Waals surface area contributed by atoms with Gasteiger partial charge in [-0.15, -0.1) is 0 Å². The number of furan rings is 1.